The van der Waals surface area contributed by atoms with Gasteiger partial charge in [-0.2, -0.15) is 0 Å². The fourth-order valence-corrected chi connectivity index (χ4v) is 3.00. The monoisotopic (exact) mass is 429 g/mol. The van der Waals surface area contributed by atoms with Gasteiger partial charge in [0, 0.05) is 22.2 Å². The molecule has 24 heavy (non-hydrogen) atoms. The van der Waals surface area contributed by atoms with E-state index in [4.69, 9.17) is 27.9 Å². The minimum Gasteiger partial charge on any atom is -0.492 e. The van der Waals surface area contributed by atoms with Gasteiger partial charge >= 0.3 is 0 Å². The lowest BCUT2D eigenvalue weighted by Crippen LogP contribution is -2.23. The van der Waals surface area contributed by atoms with Crippen molar-refractivity contribution in [1.82, 2.24) is 5.32 Å². The number of rotatable bonds is 7. The van der Waals surface area contributed by atoms with Gasteiger partial charge in [0.25, 0.3) is 5.91 Å². The molecule has 3 nitrogen and oxygen atoms in total. The number of halogens is 3. The predicted molar refractivity (Wildman–Crippen MR) is 102 cm³/mol. The van der Waals surface area contributed by atoms with Crippen molar-refractivity contribution >= 4 is 45.0 Å². The highest BCUT2D eigenvalue weighted by Crippen LogP contribution is 2.26. The molecule has 0 saturated heterocycles. The Labute approximate surface area is 160 Å². The molecule has 1 amide bonds. The fraction of sp³-hybridized carbons (Fsp3) is 0.278. The van der Waals surface area contributed by atoms with Gasteiger partial charge in [0.1, 0.15) is 5.75 Å². The Morgan fingerprint density at radius 2 is 2.00 bits per heavy atom. The molecular weight excluding hydrogens is 413 g/mol. The van der Waals surface area contributed by atoms with Gasteiger partial charge in [-0.25, -0.2) is 0 Å². The maximum atomic E-state index is 12.3. The van der Waals surface area contributed by atoms with Crippen LogP contribution in [0.1, 0.15) is 35.7 Å². The summed E-state index contributed by atoms with van der Waals surface area (Å²) in [5.41, 5.74) is 1.36. The normalized spacial score (nSPS) is 10.5. The zero-order valence-corrected chi connectivity index (χ0v) is 16.3. The number of amides is 1. The SMILES string of the molecule is CCCCOc1ccc(C(=O)NCc2ccc(Cl)cc2Cl)cc1Br. The zero-order chi connectivity index (χ0) is 17.5. The van der Waals surface area contributed by atoms with Gasteiger partial charge in [0.2, 0.25) is 0 Å². The molecule has 0 aliphatic heterocycles. The molecule has 128 valence electrons. The largest absolute Gasteiger partial charge is 0.492 e. The second-order valence-corrected chi connectivity index (χ2v) is 6.96. The van der Waals surface area contributed by atoms with Gasteiger partial charge in [-0.1, -0.05) is 42.6 Å². The topological polar surface area (TPSA) is 38.3 Å². The van der Waals surface area contributed by atoms with Crippen molar-refractivity contribution in [3.63, 3.8) is 0 Å². The van der Waals surface area contributed by atoms with Crippen LogP contribution in [0.4, 0.5) is 0 Å². The van der Waals surface area contributed by atoms with Crippen LogP contribution in [-0.2, 0) is 6.54 Å². The summed E-state index contributed by atoms with van der Waals surface area (Å²) in [7, 11) is 0. The standard InChI is InChI=1S/C18H18BrCl2NO2/c1-2-3-8-24-17-7-5-12(9-15(17)19)18(23)22-11-13-4-6-14(20)10-16(13)21/h4-7,9-10H,2-3,8,11H2,1H3,(H,22,23). The van der Waals surface area contributed by atoms with E-state index in [1.807, 2.05) is 0 Å². The lowest BCUT2D eigenvalue weighted by molar-refractivity contribution is 0.0951. The van der Waals surface area contributed by atoms with E-state index in [2.05, 4.69) is 28.2 Å². The summed E-state index contributed by atoms with van der Waals surface area (Å²) >= 11 is 15.4. The maximum absolute atomic E-state index is 12.3. The van der Waals surface area contributed by atoms with Gasteiger partial charge in [-0.3, -0.25) is 4.79 Å². The first-order valence-corrected chi connectivity index (χ1v) is 9.20. The van der Waals surface area contributed by atoms with E-state index >= 15 is 0 Å². The Balaban J connectivity index is 1.98. The molecule has 0 saturated carbocycles. The third-order valence-corrected chi connectivity index (χ3v) is 4.61. The fourth-order valence-electron chi connectivity index (χ4n) is 2.03. The minimum atomic E-state index is -0.179. The Kier molecular flexibility index (Phi) is 7.40. The Bertz CT molecular complexity index is 722. The highest BCUT2D eigenvalue weighted by Gasteiger charge is 2.10. The van der Waals surface area contributed by atoms with Crippen molar-refractivity contribution < 1.29 is 9.53 Å². The molecular formula is C18H18BrCl2NO2. The molecule has 0 atom stereocenters. The molecule has 2 rings (SSSR count). The summed E-state index contributed by atoms with van der Waals surface area (Å²) in [5.74, 6) is 0.558. The summed E-state index contributed by atoms with van der Waals surface area (Å²) in [5, 5.41) is 3.94. The quantitative estimate of drug-likeness (QED) is 0.558. The van der Waals surface area contributed by atoms with Gasteiger partial charge in [0.05, 0.1) is 11.1 Å². The van der Waals surface area contributed by atoms with Crippen LogP contribution < -0.4 is 10.1 Å². The molecule has 0 radical (unpaired) electrons. The van der Waals surface area contributed by atoms with Crippen molar-refractivity contribution in [1.29, 1.82) is 0 Å². The number of hydrogen-bond acceptors (Lipinski definition) is 2. The molecule has 0 spiro atoms. The molecule has 0 unspecified atom stereocenters. The van der Waals surface area contributed by atoms with Crippen LogP contribution in [0.3, 0.4) is 0 Å². The number of ether oxygens (including phenoxy) is 1. The second-order valence-electron chi connectivity index (χ2n) is 5.27. The summed E-state index contributed by atoms with van der Waals surface area (Å²) in [6, 6.07) is 10.5. The van der Waals surface area contributed by atoms with Gasteiger partial charge in [0.15, 0.2) is 0 Å². The van der Waals surface area contributed by atoms with Crippen molar-refractivity contribution in [3.8, 4) is 5.75 Å². The summed E-state index contributed by atoms with van der Waals surface area (Å²) in [6.45, 7) is 3.11. The van der Waals surface area contributed by atoms with Gasteiger partial charge in [-0.15, -0.1) is 0 Å². The Hall–Kier alpha value is -1.23. The molecule has 0 heterocycles. The highest BCUT2D eigenvalue weighted by atomic mass is 79.9. The zero-order valence-electron chi connectivity index (χ0n) is 13.2. The number of nitrogens with one attached hydrogen (secondary N) is 1. The lowest BCUT2D eigenvalue weighted by atomic mass is 10.2. The van der Waals surface area contributed by atoms with Crippen LogP contribution in [0, 0.1) is 0 Å². The highest BCUT2D eigenvalue weighted by molar-refractivity contribution is 9.10. The summed E-state index contributed by atoms with van der Waals surface area (Å²) in [4.78, 5) is 12.3. The van der Waals surface area contributed by atoms with Crippen LogP contribution >= 0.6 is 39.1 Å². The number of carbonyl (C=O) groups excluding carboxylic acids is 1. The van der Waals surface area contributed by atoms with E-state index in [1.165, 1.54) is 0 Å². The predicted octanol–water partition coefficient (Wildman–Crippen LogP) is 5.86. The molecule has 0 aliphatic rings. The van der Waals surface area contributed by atoms with E-state index in [-0.39, 0.29) is 5.91 Å². The number of unbranched alkanes of at least 4 members (excludes halogenated alkanes) is 1. The molecule has 0 bridgehead atoms. The third-order valence-electron chi connectivity index (χ3n) is 3.40. The number of carbonyl (C=O) groups is 1. The van der Waals surface area contributed by atoms with Gasteiger partial charge in [-0.05, 0) is 58.2 Å². The third kappa shape index (κ3) is 5.40. The van der Waals surface area contributed by atoms with Crippen LogP contribution in [0.5, 0.6) is 5.75 Å². The average molecular weight is 431 g/mol. The molecule has 0 aliphatic carbocycles. The van der Waals surface area contributed by atoms with Crippen molar-refractivity contribution in [2.75, 3.05) is 6.61 Å². The van der Waals surface area contributed by atoms with E-state index < -0.39 is 0 Å². The second kappa shape index (κ2) is 9.30. The van der Waals surface area contributed by atoms with E-state index in [9.17, 15) is 4.79 Å². The number of benzene rings is 2. The lowest BCUT2D eigenvalue weighted by Gasteiger charge is -2.10. The molecule has 0 fully saturated rings. The van der Waals surface area contributed by atoms with Crippen LogP contribution in [-0.4, -0.2) is 12.5 Å². The molecule has 6 heteroatoms. The van der Waals surface area contributed by atoms with E-state index in [1.54, 1.807) is 36.4 Å². The van der Waals surface area contributed by atoms with Crippen LogP contribution in [0.15, 0.2) is 40.9 Å². The first kappa shape index (κ1) is 19.1. The van der Waals surface area contributed by atoms with Crippen LogP contribution in [0.25, 0.3) is 0 Å². The van der Waals surface area contributed by atoms with Crippen molar-refractivity contribution in [2.24, 2.45) is 0 Å². The van der Waals surface area contributed by atoms with E-state index in [0.29, 0.717) is 28.8 Å². The van der Waals surface area contributed by atoms with Crippen molar-refractivity contribution in [3.05, 3.63) is 62.0 Å². The Morgan fingerprint density at radius 1 is 1.21 bits per heavy atom. The summed E-state index contributed by atoms with van der Waals surface area (Å²) < 4.78 is 6.42. The molecule has 2 aromatic rings. The average Bonchev–Trinajstić information content (AvgIpc) is 2.55. The van der Waals surface area contributed by atoms with Gasteiger partial charge < -0.3 is 10.1 Å². The number of hydrogen-bond donors (Lipinski definition) is 1. The Morgan fingerprint density at radius 3 is 2.67 bits per heavy atom. The first-order valence-electron chi connectivity index (χ1n) is 7.65. The minimum absolute atomic E-state index is 0.179. The summed E-state index contributed by atoms with van der Waals surface area (Å²) in [6.07, 6.45) is 2.07. The molecule has 2 aromatic carbocycles. The van der Waals surface area contributed by atoms with Crippen LogP contribution in [0.2, 0.25) is 10.0 Å². The van der Waals surface area contributed by atoms with Crippen molar-refractivity contribution in [2.45, 2.75) is 26.3 Å². The maximum Gasteiger partial charge on any atom is 0.251 e. The smallest absolute Gasteiger partial charge is 0.251 e. The first-order chi connectivity index (χ1) is 11.5. The molecule has 0 aromatic heterocycles. The molecule has 1 N–H and O–H groups in total. The van der Waals surface area contributed by atoms with E-state index in [0.717, 1.165) is 28.6 Å².